The van der Waals surface area contributed by atoms with Crippen LogP contribution in [0.4, 0.5) is 4.39 Å². The van der Waals surface area contributed by atoms with Gasteiger partial charge in [0.15, 0.2) is 0 Å². The Bertz CT molecular complexity index is 536. The van der Waals surface area contributed by atoms with Crippen LogP contribution < -0.4 is 5.32 Å². The van der Waals surface area contributed by atoms with Gasteiger partial charge < -0.3 is 10.1 Å². The van der Waals surface area contributed by atoms with E-state index >= 15 is 0 Å². The van der Waals surface area contributed by atoms with Gasteiger partial charge in [0.1, 0.15) is 5.82 Å². The second kappa shape index (κ2) is 5.78. The third-order valence-corrected chi connectivity index (χ3v) is 4.01. The molecule has 4 heteroatoms. The Balaban J connectivity index is 2.41. The fourth-order valence-electron chi connectivity index (χ4n) is 1.91. The Morgan fingerprint density at radius 1 is 1.39 bits per heavy atom. The van der Waals surface area contributed by atoms with Crippen molar-refractivity contribution in [3.8, 4) is 0 Å². The van der Waals surface area contributed by atoms with Crippen molar-refractivity contribution in [2.45, 2.75) is 33.0 Å². The average molecular weight is 267 g/mol. The number of hydrogen-bond acceptors (Lipinski definition) is 3. The number of halogens is 1. The normalized spacial score (nSPS) is 11.6. The van der Waals surface area contributed by atoms with E-state index in [1.54, 1.807) is 24.5 Å². The maximum atomic E-state index is 13.3. The van der Waals surface area contributed by atoms with Gasteiger partial charge in [-0.3, -0.25) is 0 Å². The molecule has 0 saturated carbocycles. The van der Waals surface area contributed by atoms with Crippen molar-refractivity contribution in [3.05, 3.63) is 34.5 Å². The van der Waals surface area contributed by atoms with Crippen molar-refractivity contribution >= 4 is 21.4 Å². The van der Waals surface area contributed by atoms with Crippen LogP contribution >= 0.6 is 11.3 Å². The maximum Gasteiger partial charge on any atom is 0.123 e. The minimum atomic E-state index is -0.193. The van der Waals surface area contributed by atoms with Crippen molar-refractivity contribution < 1.29 is 9.13 Å². The molecule has 98 valence electrons. The summed E-state index contributed by atoms with van der Waals surface area (Å²) >= 11 is 1.71. The molecule has 0 spiro atoms. The Morgan fingerprint density at radius 3 is 2.83 bits per heavy atom. The van der Waals surface area contributed by atoms with Crippen molar-refractivity contribution in [1.82, 2.24) is 5.32 Å². The van der Waals surface area contributed by atoms with E-state index in [1.807, 2.05) is 6.07 Å². The van der Waals surface area contributed by atoms with Crippen molar-refractivity contribution in [3.63, 3.8) is 0 Å². The highest BCUT2D eigenvalue weighted by atomic mass is 32.1. The first kappa shape index (κ1) is 13.5. The van der Waals surface area contributed by atoms with E-state index in [0.717, 1.165) is 22.2 Å². The molecular weight excluding hydrogens is 249 g/mol. The standard InChI is InChI=1S/C14H18FNOS/c1-9(2)16-7-14-12(8-17-3)11-6-10(15)4-5-13(11)18-14/h4-6,9,16H,7-8H2,1-3H3. The molecule has 0 unspecified atom stereocenters. The molecule has 2 aromatic rings. The van der Waals surface area contributed by atoms with E-state index in [0.29, 0.717) is 12.6 Å². The average Bonchev–Trinajstić information content (AvgIpc) is 2.65. The first-order valence-corrected chi connectivity index (χ1v) is 6.85. The fourth-order valence-corrected chi connectivity index (χ4v) is 3.05. The molecule has 0 aliphatic rings. The summed E-state index contributed by atoms with van der Waals surface area (Å²) in [7, 11) is 1.67. The van der Waals surface area contributed by atoms with Gasteiger partial charge in [0, 0.05) is 40.2 Å². The second-order valence-electron chi connectivity index (χ2n) is 4.61. The summed E-state index contributed by atoms with van der Waals surface area (Å²) in [6.45, 7) is 5.56. The van der Waals surface area contributed by atoms with E-state index in [1.165, 1.54) is 10.9 Å². The quantitative estimate of drug-likeness (QED) is 0.892. The van der Waals surface area contributed by atoms with Gasteiger partial charge in [-0.15, -0.1) is 11.3 Å². The zero-order chi connectivity index (χ0) is 13.1. The van der Waals surface area contributed by atoms with Crippen LogP contribution in [0.25, 0.3) is 10.1 Å². The number of thiophene rings is 1. The van der Waals surface area contributed by atoms with Crippen LogP contribution in [0, 0.1) is 5.82 Å². The molecular formula is C14H18FNOS. The van der Waals surface area contributed by atoms with Crippen LogP contribution in [-0.4, -0.2) is 13.2 Å². The number of methoxy groups -OCH3 is 1. The molecule has 1 heterocycles. The van der Waals surface area contributed by atoms with Gasteiger partial charge >= 0.3 is 0 Å². The highest BCUT2D eigenvalue weighted by Gasteiger charge is 2.12. The van der Waals surface area contributed by atoms with E-state index < -0.39 is 0 Å². The first-order chi connectivity index (χ1) is 8.61. The summed E-state index contributed by atoms with van der Waals surface area (Å²) in [6, 6.07) is 5.38. The minimum absolute atomic E-state index is 0.193. The van der Waals surface area contributed by atoms with Crippen LogP contribution in [0.2, 0.25) is 0 Å². The first-order valence-electron chi connectivity index (χ1n) is 6.04. The van der Waals surface area contributed by atoms with Crippen molar-refractivity contribution in [2.75, 3.05) is 7.11 Å². The molecule has 18 heavy (non-hydrogen) atoms. The zero-order valence-corrected chi connectivity index (χ0v) is 11.7. The molecule has 0 aliphatic heterocycles. The molecule has 0 bridgehead atoms. The molecule has 0 amide bonds. The lowest BCUT2D eigenvalue weighted by atomic mass is 10.1. The molecule has 1 N–H and O–H groups in total. The molecule has 0 aliphatic carbocycles. The molecule has 0 fully saturated rings. The largest absolute Gasteiger partial charge is 0.380 e. The summed E-state index contributed by atoms with van der Waals surface area (Å²) in [6.07, 6.45) is 0. The van der Waals surface area contributed by atoms with Gasteiger partial charge in [-0.05, 0) is 18.2 Å². The van der Waals surface area contributed by atoms with E-state index in [-0.39, 0.29) is 5.82 Å². The topological polar surface area (TPSA) is 21.3 Å². The second-order valence-corrected chi connectivity index (χ2v) is 5.75. The van der Waals surface area contributed by atoms with E-state index in [2.05, 4.69) is 19.2 Å². The molecule has 2 rings (SSSR count). The molecule has 0 radical (unpaired) electrons. The molecule has 1 aromatic heterocycles. The molecule has 0 atom stereocenters. The maximum absolute atomic E-state index is 13.3. The predicted molar refractivity (Wildman–Crippen MR) is 74.5 cm³/mol. The lowest BCUT2D eigenvalue weighted by Gasteiger charge is -2.08. The van der Waals surface area contributed by atoms with Gasteiger partial charge in [-0.25, -0.2) is 4.39 Å². The third kappa shape index (κ3) is 2.88. The van der Waals surface area contributed by atoms with Gasteiger partial charge in [0.2, 0.25) is 0 Å². The summed E-state index contributed by atoms with van der Waals surface area (Å²) < 4.78 is 19.7. The van der Waals surface area contributed by atoms with Crippen LogP contribution in [0.3, 0.4) is 0 Å². The number of rotatable bonds is 5. The van der Waals surface area contributed by atoms with Crippen molar-refractivity contribution in [2.24, 2.45) is 0 Å². The predicted octanol–water partition coefficient (Wildman–Crippen LogP) is 3.68. The Kier molecular flexibility index (Phi) is 4.32. The van der Waals surface area contributed by atoms with Gasteiger partial charge in [0.05, 0.1) is 6.61 Å². The number of hydrogen-bond donors (Lipinski definition) is 1. The highest BCUT2D eigenvalue weighted by Crippen LogP contribution is 2.32. The smallest absolute Gasteiger partial charge is 0.123 e. The summed E-state index contributed by atoms with van der Waals surface area (Å²) in [4.78, 5) is 1.23. The summed E-state index contributed by atoms with van der Waals surface area (Å²) in [5, 5.41) is 4.37. The molecule has 1 aromatic carbocycles. The lowest BCUT2D eigenvalue weighted by Crippen LogP contribution is -2.21. The molecule has 2 nitrogen and oxygen atoms in total. The highest BCUT2D eigenvalue weighted by molar-refractivity contribution is 7.19. The third-order valence-electron chi connectivity index (χ3n) is 2.80. The molecule has 0 saturated heterocycles. The minimum Gasteiger partial charge on any atom is -0.380 e. The van der Waals surface area contributed by atoms with Crippen LogP contribution in [0.15, 0.2) is 18.2 Å². The SMILES string of the molecule is COCc1c(CNC(C)C)sc2ccc(F)cc12. The zero-order valence-electron chi connectivity index (χ0n) is 10.9. The van der Waals surface area contributed by atoms with Gasteiger partial charge in [-0.2, -0.15) is 0 Å². The van der Waals surface area contributed by atoms with Crippen molar-refractivity contribution in [1.29, 1.82) is 0 Å². The van der Waals surface area contributed by atoms with Crippen LogP contribution in [-0.2, 0) is 17.9 Å². The van der Waals surface area contributed by atoms with Crippen LogP contribution in [0.1, 0.15) is 24.3 Å². The Labute approximate surface area is 111 Å². The monoisotopic (exact) mass is 267 g/mol. The number of ether oxygens (including phenoxy) is 1. The lowest BCUT2D eigenvalue weighted by molar-refractivity contribution is 0.185. The number of nitrogens with one attached hydrogen (secondary N) is 1. The Morgan fingerprint density at radius 2 is 2.17 bits per heavy atom. The van der Waals surface area contributed by atoms with Gasteiger partial charge in [-0.1, -0.05) is 13.8 Å². The summed E-state index contributed by atoms with van der Waals surface area (Å²) in [5.41, 5.74) is 1.10. The number of benzene rings is 1. The van der Waals surface area contributed by atoms with E-state index in [9.17, 15) is 4.39 Å². The summed E-state index contributed by atoms with van der Waals surface area (Å²) in [5.74, 6) is -0.193. The van der Waals surface area contributed by atoms with E-state index in [4.69, 9.17) is 4.74 Å². The van der Waals surface area contributed by atoms with Gasteiger partial charge in [0.25, 0.3) is 0 Å². The number of fused-ring (bicyclic) bond motifs is 1. The fraction of sp³-hybridized carbons (Fsp3) is 0.429. The van der Waals surface area contributed by atoms with Crippen LogP contribution in [0.5, 0.6) is 0 Å². The Hall–Kier alpha value is -0.970.